The van der Waals surface area contributed by atoms with Crippen LogP contribution in [0.2, 0.25) is 0 Å². The minimum atomic E-state index is -0.239. The quantitative estimate of drug-likeness (QED) is 0.714. The summed E-state index contributed by atoms with van der Waals surface area (Å²) in [5.41, 5.74) is 0.758. The van der Waals surface area contributed by atoms with Gasteiger partial charge in [-0.1, -0.05) is 4.68 Å². The number of hydrogen-bond donors (Lipinski definition) is 0. The number of rotatable bonds is 2. The fourth-order valence-electron chi connectivity index (χ4n) is 1.78. The van der Waals surface area contributed by atoms with Crippen LogP contribution >= 0.6 is 0 Å². The Morgan fingerprint density at radius 3 is 2.47 bits per heavy atom. The van der Waals surface area contributed by atoms with E-state index in [4.69, 9.17) is 4.74 Å². The zero-order valence-electron chi connectivity index (χ0n) is 10.3. The number of nitrogens with zero attached hydrogens (tertiary/aromatic N) is 2. The van der Waals surface area contributed by atoms with Gasteiger partial charge in [0.25, 0.3) is 0 Å². The van der Waals surface area contributed by atoms with Gasteiger partial charge >= 0.3 is 0 Å². The van der Waals surface area contributed by atoms with E-state index in [9.17, 15) is 5.11 Å². The van der Waals surface area contributed by atoms with Crippen molar-refractivity contribution in [2.45, 2.75) is 25.8 Å². The lowest BCUT2D eigenvalue weighted by molar-refractivity contribution is -0.591. The maximum absolute atomic E-state index is 11.3. The third kappa shape index (κ3) is 2.46. The molecule has 90 valence electrons. The molecule has 1 aromatic carbocycles. The molecular formula is C13H16N2O2. The van der Waals surface area contributed by atoms with Gasteiger partial charge in [0.1, 0.15) is 5.75 Å². The predicted octanol–water partition coefficient (Wildman–Crippen LogP) is 0.983. The Bertz CT molecular complexity index is 473. The maximum Gasteiger partial charge on any atom is 0.203 e. The van der Waals surface area contributed by atoms with Gasteiger partial charge in [-0.25, -0.2) is 0 Å². The van der Waals surface area contributed by atoms with Gasteiger partial charge in [0.15, 0.2) is 5.54 Å². The van der Waals surface area contributed by atoms with Crippen LogP contribution in [0.4, 0.5) is 0 Å². The van der Waals surface area contributed by atoms with Crippen LogP contribution in [0, 0.1) is 0 Å². The molecule has 0 amide bonds. The molecule has 0 radical (unpaired) electrons. The van der Waals surface area contributed by atoms with Gasteiger partial charge in [0.05, 0.1) is 7.11 Å². The van der Waals surface area contributed by atoms with Crippen molar-refractivity contribution >= 4 is 12.1 Å². The SMILES string of the molecule is COc1ccc(/C=[N+]2/N=C([O-])CC2(C)C)cc1. The molecule has 0 spiro atoms. The number of hydrazone groups is 1. The van der Waals surface area contributed by atoms with Gasteiger partial charge in [-0.3, -0.25) is 0 Å². The Labute approximate surface area is 101 Å². The van der Waals surface area contributed by atoms with Crippen LogP contribution in [-0.4, -0.2) is 29.4 Å². The van der Waals surface area contributed by atoms with E-state index in [1.807, 2.05) is 44.3 Å². The molecule has 0 fully saturated rings. The molecule has 4 heteroatoms. The molecule has 1 aromatic rings. The lowest BCUT2D eigenvalue weighted by atomic mass is 10.0. The second-order valence-corrected chi connectivity index (χ2v) is 4.73. The van der Waals surface area contributed by atoms with Gasteiger partial charge in [-0.2, -0.15) is 0 Å². The molecule has 17 heavy (non-hydrogen) atoms. The predicted molar refractivity (Wildman–Crippen MR) is 64.6 cm³/mol. The summed E-state index contributed by atoms with van der Waals surface area (Å²) in [5, 5.41) is 15.3. The summed E-state index contributed by atoms with van der Waals surface area (Å²) in [6.07, 6.45) is 2.34. The zero-order valence-corrected chi connectivity index (χ0v) is 10.3. The summed E-state index contributed by atoms with van der Waals surface area (Å²) in [6.45, 7) is 4.00. The van der Waals surface area contributed by atoms with Crippen LogP contribution < -0.4 is 9.84 Å². The van der Waals surface area contributed by atoms with E-state index >= 15 is 0 Å². The lowest BCUT2D eigenvalue weighted by Gasteiger charge is -2.11. The highest BCUT2D eigenvalue weighted by Gasteiger charge is 2.36. The third-order valence-electron chi connectivity index (χ3n) is 2.81. The van der Waals surface area contributed by atoms with E-state index in [1.165, 1.54) is 0 Å². The highest BCUT2D eigenvalue weighted by molar-refractivity contribution is 5.78. The van der Waals surface area contributed by atoms with Crippen molar-refractivity contribution < 1.29 is 14.5 Å². The average Bonchev–Trinajstić information content (AvgIpc) is 2.53. The first-order valence-electron chi connectivity index (χ1n) is 5.54. The van der Waals surface area contributed by atoms with Crippen LogP contribution in [0.25, 0.3) is 0 Å². The van der Waals surface area contributed by atoms with Gasteiger partial charge in [-0.15, -0.1) is 0 Å². The third-order valence-corrected chi connectivity index (χ3v) is 2.81. The average molecular weight is 232 g/mol. The number of ether oxygens (including phenoxy) is 1. The molecule has 0 saturated carbocycles. The molecule has 0 aromatic heterocycles. The lowest BCUT2D eigenvalue weighted by Crippen LogP contribution is -2.31. The number of hydrogen-bond acceptors (Lipinski definition) is 3. The molecule has 0 aliphatic carbocycles. The molecule has 0 saturated heterocycles. The maximum atomic E-state index is 11.3. The van der Waals surface area contributed by atoms with Crippen molar-refractivity contribution in [1.82, 2.24) is 0 Å². The standard InChI is InChI=1S/C13H16N2O2/c1-13(2)8-12(16)14-15(13)9-10-4-6-11(17-3)7-5-10/h4-7,9H,8H2,1-3H3/b15-9+. The Hall–Kier alpha value is -1.84. The van der Waals surface area contributed by atoms with Gasteiger partial charge in [0.2, 0.25) is 6.21 Å². The van der Waals surface area contributed by atoms with Crippen molar-refractivity contribution in [3.05, 3.63) is 29.8 Å². The Kier molecular flexibility index (Phi) is 2.88. The normalized spacial score (nSPS) is 20.4. The van der Waals surface area contributed by atoms with E-state index in [0.29, 0.717) is 6.42 Å². The molecule has 1 aliphatic heterocycles. The summed E-state index contributed by atoms with van der Waals surface area (Å²) >= 11 is 0. The number of methoxy groups -OCH3 is 1. The Morgan fingerprint density at radius 1 is 1.35 bits per heavy atom. The first-order chi connectivity index (χ1) is 8.01. The number of benzene rings is 1. The summed E-state index contributed by atoms with van der Waals surface area (Å²) < 4.78 is 6.83. The smallest absolute Gasteiger partial charge is 0.203 e. The van der Waals surface area contributed by atoms with E-state index in [1.54, 1.807) is 11.8 Å². The monoisotopic (exact) mass is 232 g/mol. The molecule has 0 bridgehead atoms. The second kappa shape index (κ2) is 4.20. The first kappa shape index (κ1) is 11.6. The molecule has 0 unspecified atom stereocenters. The molecule has 0 N–H and O–H groups in total. The van der Waals surface area contributed by atoms with E-state index in [2.05, 4.69) is 5.10 Å². The first-order valence-corrected chi connectivity index (χ1v) is 5.54. The van der Waals surface area contributed by atoms with Crippen molar-refractivity contribution in [2.75, 3.05) is 7.11 Å². The van der Waals surface area contributed by atoms with Crippen molar-refractivity contribution in [2.24, 2.45) is 5.10 Å². The molecule has 2 rings (SSSR count). The second-order valence-electron chi connectivity index (χ2n) is 4.73. The molecule has 0 atom stereocenters. The van der Waals surface area contributed by atoms with Crippen molar-refractivity contribution in [3.8, 4) is 5.75 Å². The Balaban J connectivity index is 2.29. The summed E-state index contributed by atoms with van der Waals surface area (Å²) in [7, 11) is 1.64. The van der Waals surface area contributed by atoms with E-state index < -0.39 is 0 Å². The Morgan fingerprint density at radius 2 is 2.00 bits per heavy atom. The van der Waals surface area contributed by atoms with Gasteiger partial charge in [0, 0.05) is 31.7 Å². The topological polar surface area (TPSA) is 47.7 Å². The highest BCUT2D eigenvalue weighted by atomic mass is 16.5. The van der Waals surface area contributed by atoms with Gasteiger partial charge in [-0.05, 0) is 29.4 Å². The largest absolute Gasteiger partial charge is 0.857 e. The van der Waals surface area contributed by atoms with E-state index in [0.717, 1.165) is 11.3 Å². The van der Waals surface area contributed by atoms with Crippen LogP contribution in [0.1, 0.15) is 25.8 Å². The minimum Gasteiger partial charge on any atom is -0.857 e. The van der Waals surface area contributed by atoms with Crippen LogP contribution in [0.3, 0.4) is 0 Å². The van der Waals surface area contributed by atoms with Crippen LogP contribution in [0.15, 0.2) is 29.4 Å². The zero-order chi connectivity index (χ0) is 12.5. The van der Waals surface area contributed by atoms with Gasteiger partial charge < -0.3 is 9.84 Å². The highest BCUT2D eigenvalue weighted by Crippen LogP contribution is 2.20. The fourth-order valence-corrected chi connectivity index (χ4v) is 1.78. The van der Waals surface area contributed by atoms with Crippen LogP contribution in [0.5, 0.6) is 5.75 Å². The van der Waals surface area contributed by atoms with Crippen LogP contribution in [-0.2, 0) is 0 Å². The van der Waals surface area contributed by atoms with Crippen molar-refractivity contribution in [1.29, 1.82) is 0 Å². The van der Waals surface area contributed by atoms with E-state index in [-0.39, 0.29) is 11.4 Å². The molecular weight excluding hydrogens is 216 g/mol. The minimum absolute atomic E-state index is 0.0697. The summed E-state index contributed by atoms with van der Waals surface area (Å²) in [5.74, 6) is 0.746. The fraction of sp³-hybridized carbons (Fsp3) is 0.385. The van der Waals surface area contributed by atoms with Crippen molar-refractivity contribution in [3.63, 3.8) is 0 Å². The molecule has 4 nitrogen and oxygen atoms in total. The summed E-state index contributed by atoms with van der Waals surface area (Å²) in [6, 6.07) is 7.65. The summed E-state index contributed by atoms with van der Waals surface area (Å²) in [4.78, 5) is 0. The molecule has 1 heterocycles. The molecule has 1 aliphatic rings.